The average Bonchev–Trinajstić information content (AvgIpc) is 3.38. The zero-order valence-electron chi connectivity index (χ0n) is 17.8. The number of aromatic nitrogens is 2. The molecule has 3 aromatic rings. The molecule has 0 aliphatic carbocycles. The molecule has 2 aromatic carbocycles. The van der Waals surface area contributed by atoms with Gasteiger partial charge in [0.1, 0.15) is 5.82 Å². The summed E-state index contributed by atoms with van der Waals surface area (Å²) in [6, 6.07) is 16.4. The third-order valence-corrected chi connectivity index (χ3v) is 7.48. The summed E-state index contributed by atoms with van der Waals surface area (Å²) in [7, 11) is -3.47. The number of carbonyl (C=O) groups excluding carboxylic acids is 1. The Morgan fingerprint density at radius 2 is 1.53 bits per heavy atom. The molecule has 2 aliphatic heterocycles. The highest BCUT2D eigenvalue weighted by atomic mass is 32.2. The number of carbonyl (C=O) groups is 1. The SMILES string of the molecule is CS(=O)(=O)c1ccccc1C(=O)N1CC2CN(c3cnc(-c4ccccc4)cn3)CC2C1. The predicted octanol–water partition coefficient (Wildman–Crippen LogP) is 2.76. The highest BCUT2D eigenvalue weighted by Gasteiger charge is 2.42. The van der Waals surface area contributed by atoms with E-state index in [1.807, 2.05) is 36.5 Å². The number of nitrogens with zero attached hydrogens (tertiary/aromatic N) is 4. The number of amides is 1. The third-order valence-electron chi connectivity index (χ3n) is 6.32. The maximum absolute atomic E-state index is 13.1. The van der Waals surface area contributed by atoms with Crippen molar-refractivity contribution in [3.63, 3.8) is 0 Å². The first-order valence-corrected chi connectivity index (χ1v) is 12.5. The van der Waals surface area contributed by atoms with Crippen LogP contribution in [-0.2, 0) is 9.84 Å². The summed E-state index contributed by atoms with van der Waals surface area (Å²) in [6.07, 6.45) is 4.76. The molecule has 0 saturated carbocycles. The Morgan fingerprint density at radius 1 is 0.875 bits per heavy atom. The highest BCUT2D eigenvalue weighted by Crippen LogP contribution is 2.34. The van der Waals surface area contributed by atoms with E-state index in [9.17, 15) is 13.2 Å². The van der Waals surface area contributed by atoms with E-state index in [2.05, 4.69) is 14.9 Å². The van der Waals surface area contributed by atoms with Gasteiger partial charge in [0.15, 0.2) is 9.84 Å². The van der Waals surface area contributed by atoms with Gasteiger partial charge in [0, 0.05) is 49.8 Å². The number of benzene rings is 2. The van der Waals surface area contributed by atoms with Crippen molar-refractivity contribution in [2.45, 2.75) is 4.90 Å². The van der Waals surface area contributed by atoms with Crippen LogP contribution in [0, 0.1) is 11.8 Å². The molecular weight excluding hydrogens is 424 g/mol. The van der Waals surface area contributed by atoms with Crippen LogP contribution in [0.15, 0.2) is 71.9 Å². The highest BCUT2D eigenvalue weighted by molar-refractivity contribution is 7.90. The van der Waals surface area contributed by atoms with Crippen molar-refractivity contribution in [3.05, 3.63) is 72.6 Å². The maximum atomic E-state index is 13.1. The standard InChI is InChI=1S/C24H24N4O3S/c1-32(30,31)22-10-6-5-9-20(22)24(29)28-15-18-13-27(14-19(18)16-28)23-12-25-21(11-26-23)17-7-3-2-4-8-17/h2-12,18-19H,13-16H2,1H3. The summed E-state index contributed by atoms with van der Waals surface area (Å²) in [5, 5.41) is 0. The van der Waals surface area contributed by atoms with Gasteiger partial charge in [-0.05, 0) is 12.1 Å². The largest absolute Gasteiger partial charge is 0.355 e. The minimum atomic E-state index is -3.47. The number of fused-ring (bicyclic) bond motifs is 1. The summed E-state index contributed by atoms with van der Waals surface area (Å²) in [4.78, 5) is 26.4. The summed E-state index contributed by atoms with van der Waals surface area (Å²) in [6.45, 7) is 2.85. The number of hydrogen-bond acceptors (Lipinski definition) is 6. The Morgan fingerprint density at radius 3 is 2.16 bits per heavy atom. The fourth-order valence-electron chi connectivity index (χ4n) is 4.73. The van der Waals surface area contributed by atoms with Gasteiger partial charge in [-0.2, -0.15) is 0 Å². The molecule has 2 unspecified atom stereocenters. The van der Waals surface area contributed by atoms with E-state index < -0.39 is 9.84 Å². The van der Waals surface area contributed by atoms with Crippen LogP contribution in [0.3, 0.4) is 0 Å². The molecule has 164 valence electrons. The lowest BCUT2D eigenvalue weighted by molar-refractivity contribution is 0.0778. The molecular formula is C24H24N4O3S. The van der Waals surface area contributed by atoms with Gasteiger partial charge in [-0.3, -0.25) is 9.78 Å². The van der Waals surface area contributed by atoms with Crippen LogP contribution < -0.4 is 4.90 Å². The van der Waals surface area contributed by atoms with Crippen LogP contribution in [0.1, 0.15) is 10.4 Å². The first kappa shape index (κ1) is 20.6. The van der Waals surface area contributed by atoms with E-state index in [0.29, 0.717) is 24.9 Å². The molecule has 0 bridgehead atoms. The molecule has 2 saturated heterocycles. The summed E-state index contributed by atoms with van der Waals surface area (Å²) in [5.74, 6) is 1.30. The first-order valence-electron chi connectivity index (χ1n) is 10.6. The van der Waals surface area contributed by atoms with Crippen LogP contribution in [0.25, 0.3) is 11.3 Å². The third kappa shape index (κ3) is 3.86. The minimum absolute atomic E-state index is 0.0949. The molecule has 2 atom stereocenters. The van der Waals surface area contributed by atoms with Crippen LogP contribution in [-0.4, -0.2) is 61.6 Å². The lowest BCUT2D eigenvalue weighted by Crippen LogP contribution is -2.34. The predicted molar refractivity (Wildman–Crippen MR) is 122 cm³/mol. The van der Waals surface area contributed by atoms with Gasteiger partial charge < -0.3 is 9.80 Å². The van der Waals surface area contributed by atoms with Crippen LogP contribution in [0.5, 0.6) is 0 Å². The van der Waals surface area contributed by atoms with Crippen LogP contribution in [0.4, 0.5) is 5.82 Å². The Kier molecular flexibility index (Phi) is 5.17. The Bertz CT molecular complexity index is 1230. The van der Waals surface area contributed by atoms with Gasteiger partial charge in [-0.15, -0.1) is 0 Å². The Labute approximate surface area is 187 Å². The maximum Gasteiger partial charge on any atom is 0.255 e. The molecule has 3 heterocycles. The van der Waals surface area contributed by atoms with Gasteiger partial charge in [0.25, 0.3) is 5.91 Å². The molecule has 0 radical (unpaired) electrons. The van der Waals surface area contributed by atoms with Gasteiger partial charge in [0.2, 0.25) is 0 Å². The van der Waals surface area contributed by atoms with Gasteiger partial charge >= 0.3 is 0 Å². The van der Waals surface area contributed by atoms with E-state index in [-0.39, 0.29) is 16.4 Å². The van der Waals surface area contributed by atoms with Gasteiger partial charge in [-0.25, -0.2) is 13.4 Å². The fourth-order valence-corrected chi connectivity index (χ4v) is 5.61. The molecule has 0 N–H and O–H groups in total. The van der Waals surface area contributed by atoms with Gasteiger partial charge in [0.05, 0.1) is 28.5 Å². The quantitative estimate of drug-likeness (QED) is 0.610. The van der Waals surface area contributed by atoms with Crippen molar-refractivity contribution >= 4 is 21.6 Å². The second kappa shape index (κ2) is 8.02. The number of likely N-dealkylation sites (tertiary alicyclic amines) is 1. The lowest BCUT2D eigenvalue weighted by atomic mass is 10.0. The molecule has 0 spiro atoms. The minimum Gasteiger partial charge on any atom is -0.355 e. The summed E-state index contributed by atoms with van der Waals surface area (Å²) in [5.41, 5.74) is 2.14. The molecule has 2 fully saturated rings. The van der Waals surface area contributed by atoms with Crippen molar-refractivity contribution in [2.24, 2.45) is 11.8 Å². The summed E-state index contributed by atoms with van der Waals surface area (Å²) < 4.78 is 24.2. The second-order valence-electron chi connectivity index (χ2n) is 8.53. The monoisotopic (exact) mass is 448 g/mol. The van der Waals surface area contributed by atoms with E-state index in [0.717, 1.165) is 36.4 Å². The molecule has 5 rings (SSSR count). The molecule has 1 amide bonds. The van der Waals surface area contributed by atoms with E-state index in [1.165, 1.54) is 6.07 Å². The van der Waals surface area contributed by atoms with E-state index >= 15 is 0 Å². The van der Waals surface area contributed by atoms with E-state index in [1.54, 1.807) is 29.3 Å². The normalized spacial score (nSPS) is 20.4. The summed E-state index contributed by atoms with van der Waals surface area (Å²) >= 11 is 0. The topological polar surface area (TPSA) is 83.5 Å². The van der Waals surface area contributed by atoms with Gasteiger partial charge in [-0.1, -0.05) is 42.5 Å². The Hall–Kier alpha value is -3.26. The van der Waals surface area contributed by atoms with E-state index in [4.69, 9.17) is 0 Å². The fraction of sp³-hybridized carbons (Fsp3) is 0.292. The molecule has 8 heteroatoms. The second-order valence-corrected chi connectivity index (χ2v) is 10.5. The number of sulfone groups is 1. The van der Waals surface area contributed by atoms with Crippen molar-refractivity contribution < 1.29 is 13.2 Å². The average molecular weight is 449 g/mol. The lowest BCUT2D eigenvalue weighted by Gasteiger charge is -2.23. The molecule has 32 heavy (non-hydrogen) atoms. The zero-order valence-corrected chi connectivity index (χ0v) is 18.6. The zero-order chi connectivity index (χ0) is 22.3. The first-order chi connectivity index (χ1) is 15.4. The van der Waals surface area contributed by atoms with Crippen molar-refractivity contribution in [1.29, 1.82) is 0 Å². The van der Waals surface area contributed by atoms with Crippen LogP contribution >= 0.6 is 0 Å². The number of anilines is 1. The smallest absolute Gasteiger partial charge is 0.255 e. The molecule has 1 aromatic heterocycles. The number of hydrogen-bond donors (Lipinski definition) is 0. The molecule has 2 aliphatic rings. The number of rotatable bonds is 4. The Balaban J connectivity index is 1.27. The van der Waals surface area contributed by atoms with Crippen molar-refractivity contribution in [1.82, 2.24) is 14.9 Å². The van der Waals surface area contributed by atoms with Crippen molar-refractivity contribution in [2.75, 3.05) is 37.3 Å². The van der Waals surface area contributed by atoms with Crippen LogP contribution in [0.2, 0.25) is 0 Å². The van der Waals surface area contributed by atoms with Crippen molar-refractivity contribution in [3.8, 4) is 11.3 Å². The molecule has 7 nitrogen and oxygen atoms in total.